The fraction of sp³-hybridized carbons (Fsp3) is 0.150. The van der Waals surface area contributed by atoms with Gasteiger partial charge in [0.2, 0.25) is 0 Å². The Labute approximate surface area is 169 Å². The van der Waals surface area contributed by atoms with Gasteiger partial charge >= 0.3 is 0 Å². The van der Waals surface area contributed by atoms with Crippen LogP contribution in [0.3, 0.4) is 0 Å². The van der Waals surface area contributed by atoms with E-state index < -0.39 is 0 Å². The molecule has 0 fully saturated rings. The van der Waals surface area contributed by atoms with Crippen LogP contribution in [0.2, 0.25) is 5.02 Å². The molecule has 2 aromatic heterocycles. The molecule has 4 nitrogen and oxygen atoms in total. The van der Waals surface area contributed by atoms with Gasteiger partial charge in [-0.3, -0.25) is 4.79 Å². The van der Waals surface area contributed by atoms with Gasteiger partial charge in [0.05, 0.1) is 20.9 Å². The van der Waals surface area contributed by atoms with Crippen LogP contribution in [0.4, 0.5) is 0 Å². The van der Waals surface area contributed by atoms with Gasteiger partial charge in [-0.15, -0.1) is 22.7 Å². The van der Waals surface area contributed by atoms with Crippen molar-refractivity contribution in [1.82, 2.24) is 15.3 Å². The van der Waals surface area contributed by atoms with E-state index in [9.17, 15) is 4.79 Å². The molecule has 1 N–H and O–H groups in total. The quantitative estimate of drug-likeness (QED) is 0.479. The van der Waals surface area contributed by atoms with Crippen LogP contribution >= 0.6 is 34.3 Å². The molecule has 27 heavy (non-hydrogen) atoms. The summed E-state index contributed by atoms with van der Waals surface area (Å²) in [5, 5.41) is 5.46. The van der Waals surface area contributed by atoms with E-state index in [1.165, 1.54) is 16.0 Å². The summed E-state index contributed by atoms with van der Waals surface area (Å²) in [6.07, 6.45) is 0.712. The van der Waals surface area contributed by atoms with Crippen molar-refractivity contribution in [2.24, 2.45) is 0 Å². The molecule has 0 aliphatic carbocycles. The summed E-state index contributed by atoms with van der Waals surface area (Å²) < 4.78 is 1.17. The number of hydrogen-bond donors (Lipinski definition) is 1. The predicted molar refractivity (Wildman–Crippen MR) is 113 cm³/mol. The van der Waals surface area contributed by atoms with Crippen LogP contribution in [0.1, 0.15) is 20.4 Å². The molecule has 2 heterocycles. The van der Waals surface area contributed by atoms with Crippen LogP contribution in [0.5, 0.6) is 0 Å². The van der Waals surface area contributed by atoms with Crippen molar-refractivity contribution in [2.45, 2.75) is 13.3 Å². The number of halogens is 1. The second-order valence-electron chi connectivity index (χ2n) is 6.03. The third-order valence-electron chi connectivity index (χ3n) is 4.04. The lowest BCUT2D eigenvalue weighted by atomic mass is 10.2. The number of amides is 1. The molecular formula is C20H16ClN3OS2. The Morgan fingerprint density at radius 1 is 1.11 bits per heavy atom. The van der Waals surface area contributed by atoms with Gasteiger partial charge in [0, 0.05) is 23.6 Å². The maximum Gasteiger partial charge on any atom is 0.263 e. The summed E-state index contributed by atoms with van der Waals surface area (Å²) in [4.78, 5) is 22.3. The number of thiazole rings is 2. The van der Waals surface area contributed by atoms with Gasteiger partial charge in [-0.2, -0.15) is 0 Å². The highest BCUT2D eigenvalue weighted by Crippen LogP contribution is 2.29. The molecule has 0 atom stereocenters. The lowest BCUT2D eigenvalue weighted by molar-refractivity contribution is 0.0957. The number of benzene rings is 2. The Bertz CT molecular complexity index is 1090. The fourth-order valence-electron chi connectivity index (χ4n) is 2.74. The third kappa shape index (κ3) is 4.03. The Morgan fingerprint density at radius 2 is 1.96 bits per heavy atom. The molecule has 0 spiro atoms. The maximum absolute atomic E-state index is 12.6. The van der Waals surface area contributed by atoms with Crippen molar-refractivity contribution in [1.29, 1.82) is 0 Å². The van der Waals surface area contributed by atoms with Crippen molar-refractivity contribution in [3.05, 3.63) is 69.1 Å². The number of nitrogens with one attached hydrogen (secondary N) is 1. The second-order valence-corrected chi connectivity index (χ2v) is 8.58. The highest BCUT2D eigenvalue weighted by Gasteiger charge is 2.16. The van der Waals surface area contributed by atoms with Crippen molar-refractivity contribution in [3.8, 4) is 10.6 Å². The Kier molecular flexibility index (Phi) is 5.20. The van der Waals surface area contributed by atoms with Gasteiger partial charge in [-0.05, 0) is 31.2 Å². The van der Waals surface area contributed by atoms with E-state index in [4.69, 9.17) is 11.6 Å². The normalized spacial score (nSPS) is 11.0. The minimum Gasteiger partial charge on any atom is -0.351 e. The Balaban J connectivity index is 1.42. The SMILES string of the molecule is Cc1nc(-c2cccc(Cl)c2)sc1C(=O)NCCc1nc2ccccc2s1. The first-order chi connectivity index (χ1) is 13.1. The molecule has 7 heteroatoms. The van der Waals surface area contributed by atoms with E-state index in [2.05, 4.69) is 21.4 Å². The molecule has 0 aliphatic rings. The van der Waals surface area contributed by atoms with Gasteiger partial charge in [0.25, 0.3) is 5.91 Å². The highest BCUT2D eigenvalue weighted by atomic mass is 35.5. The maximum atomic E-state index is 12.6. The van der Waals surface area contributed by atoms with Gasteiger partial charge in [-0.25, -0.2) is 9.97 Å². The third-order valence-corrected chi connectivity index (χ3v) is 6.57. The number of carbonyl (C=O) groups is 1. The van der Waals surface area contributed by atoms with E-state index in [0.29, 0.717) is 22.9 Å². The molecule has 4 aromatic rings. The molecule has 0 radical (unpaired) electrons. The molecule has 0 saturated heterocycles. The van der Waals surface area contributed by atoms with Crippen LogP contribution in [0, 0.1) is 6.92 Å². The topological polar surface area (TPSA) is 54.9 Å². The fourth-order valence-corrected chi connectivity index (χ4v) is 4.88. The molecular weight excluding hydrogens is 398 g/mol. The molecule has 0 aliphatic heterocycles. The molecule has 0 unspecified atom stereocenters. The Hall–Kier alpha value is -2.28. The largest absolute Gasteiger partial charge is 0.351 e. The Morgan fingerprint density at radius 3 is 2.78 bits per heavy atom. The first-order valence-corrected chi connectivity index (χ1v) is 10.5. The number of aryl methyl sites for hydroxylation is 1. The molecule has 0 bridgehead atoms. The summed E-state index contributed by atoms with van der Waals surface area (Å²) in [6, 6.07) is 15.6. The molecule has 136 valence electrons. The number of rotatable bonds is 5. The minimum atomic E-state index is -0.0978. The summed E-state index contributed by atoms with van der Waals surface area (Å²) in [7, 11) is 0. The number of para-hydroxylation sites is 1. The number of aromatic nitrogens is 2. The van der Waals surface area contributed by atoms with E-state index in [1.54, 1.807) is 11.3 Å². The number of nitrogens with zero attached hydrogens (tertiary/aromatic N) is 2. The van der Waals surface area contributed by atoms with E-state index in [1.807, 2.05) is 49.4 Å². The van der Waals surface area contributed by atoms with E-state index in [0.717, 1.165) is 26.8 Å². The van der Waals surface area contributed by atoms with Gasteiger partial charge < -0.3 is 5.32 Å². The number of fused-ring (bicyclic) bond motifs is 1. The molecule has 4 rings (SSSR count). The summed E-state index contributed by atoms with van der Waals surface area (Å²) in [5.41, 5.74) is 2.66. The van der Waals surface area contributed by atoms with Crippen LogP contribution in [-0.2, 0) is 6.42 Å². The highest BCUT2D eigenvalue weighted by molar-refractivity contribution is 7.18. The van der Waals surface area contributed by atoms with E-state index >= 15 is 0 Å². The second kappa shape index (κ2) is 7.76. The van der Waals surface area contributed by atoms with E-state index in [-0.39, 0.29) is 5.91 Å². The monoisotopic (exact) mass is 413 g/mol. The zero-order chi connectivity index (χ0) is 18.8. The summed E-state index contributed by atoms with van der Waals surface area (Å²) in [5.74, 6) is -0.0978. The molecule has 0 saturated carbocycles. The zero-order valence-corrected chi connectivity index (χ0v) is 16.9. The zero-order valence-electron chi connectivity index (χ0n) is 14.5. The lowest BCUT2D eigenvalue weighted by Gasteiger charge is -2.02. The van der Waals surface area contributed by atoms with Crippen molar-refractivity contribution in [3.63, 3.8) is 0 Å². The lowest BCUT2D eigenvalue weighted by Crippen LogP contribution is -2.25. The summed E-state index contributed by atoms with van der Waals surface area (Å²) in [6.45, 7) is 2.40. The smallest absolute Gasteiger partial charge is 0.263 e. The number of hydrogen-bond acceptors (Lipinski definition) is 5. The van der Waals surface area contributed by atoms with Crippen LogP contribution in [-0.4, -0.2) is 22.4 Å². The van der Waals surface area contributed by atoms with Crippen molar-refractivity contribution in [2.75, 3.05) is 6.54 Å². The average molecular weight is 414 g/mol. The molecule has 1 amide bonds. The van der Waals surface area contributed by atoms with Gasteiger partial charge in [-0.1, -0.05) is 35.9 Å². The summed E-state index contributed by atoms with van der Waals surface area (Å²) >= 11 is 9.10. The number of carbonyl (C=O) groups excluding carboxylic acids is 1. The first-order valence-electron chi connectivity index (χ1n) is 8.46. The van der Waals surface area contributed by atoms with Crippen LogP contribution in [0.25, 0.3) is 20.8 Å². The van der Waals surface area contributed by atoms with Gasteiger partial charge in [0.15, 0.2) is 0 Å². The van der Waals surface area contributed by atoms with Crippen molar-refractivity contribution >= 4 is 50.4 Å². The predicted octanol–water partition coefficient (Wildman–Crippen LogP) is 5.35. The molecule has 2 aromatic carbocycles. The first kappa shape index (κ1) is 18.1. The van der Waals surface area contributed by atoms with Gasteiger partial charge in [0.1, 0.15) is 9.88 Å². The van der Waals surface area contributed by atoms with Crippen LogP contribution < -0.4 is 5.32 Å². The average Bonchev–Trinajstić information content (AvgIpc) is 3.24. The van der Waals surface area contributed by atoms with Crippen LogP contribution in [0.15, 0.2) is 48.5 Å². The van der Waals surface area contributed by atoms with Crippen molar-refractivity contribution < 1.29 is 4.79 Å². The standard InChI is InChI=1S/C20H16ClN3OS2/c1-12-18(27-20(23-12)13-5-4-6-14(21)11-13)19(25)22-10-9-17-24-15-7-2-3-8-16(15)26-17/h2-8,11H,9-10H2,1H3,(H,22,25). The minimum absolute atomic E-state index is 0.0978.